The number of oxazole rings is 1. The van der Waals surface area contributed by atoms with E-state index in [1.54, 1.807) is 0 Å². The number of piperidine rings is 1. The van der Waals surface area contributed by atoms with Gasteiger partial charge < -0.3 is 14.1 Å². The predicted octanol–water partition coefficient (Wildman–Crippen LogP) is 3.22. The molecule has 1 aromatic carbocycles. The zero-order chi connectivity index (χ0) is 15.8. The maximum absolute atomic E-state index is 12.4. The Morgan fingerprint density at radius 1 is 1.26 bits per heavy atom. The summed E-state index contributed by atoms with van der Waals surface area (Å²) in [4.78, 5) is 19.0. The summed E-state index contributed by atoms with van der Waals surface area (Å²) in [6.07, 6.45) is 2.63. The van der Waals surface area contributed by atoms with Crippen LogP contribution in [0.2, 0.25) is 5.02 Å². The number of hydrogen-bond donors (Lipinski definition) is 0. The summed E-state index contributed by atoms with van der Waals surface area (Å²) < 4.78 is 11.2. The molecule has 2 aliphatic heterocycles. The van der Waals surface area contributed by atoms with Crippen molar-refractivity contribution in [1.29, 1.82) is 0 Å². The first kappa shape index (κ1) is 15.0. The van der Waals surface area contributed by atoms with Gasteiger partial charge in [0.05, 0.1) is 12.5 Å². The van der Waals surface area contributed by atoms with Crippen molar-refractivity contribution in [3.63, 3.8) is 0 Å². The number of likely N-dealkylation sites (tertiary alicyclic amines) is 1. The van der Waals surface area contributed by atoms with Gasteiger partial charge in [-0.05, 0) is 37.5 Å². The van der Waals surface area contributed by atoms with Crippen molar-refractivity contribution in [2.75, 3.05) is 26.3 Å². The van der Waals surface area contributed by atoms with Crippen LogP contribution >= 0.6 is 11.6 Å². The smallest absolute Gasteiger partial charge is 0.228 e. The molecule has 5 nitrogen and oxygen atoms in total. The molecule has 0 spiro atoms. The zero-order valence-electron chi connectivity index (χ0n) is 12.8. The fraction of sp³-hybridized carbons (Fsp3) is 0.529. The minimum atomic E-state index is 0.0537. The number of benzene rings is 1. The molecule has 4 rings (SSSR count). The van der Waals surface area contributed by atoms with Crippen molar-refractivity contribution in [2.24, 2.45) is 5.92 Å². The Balaban J connectivity index is 1.43. The van der Waals surface area contributed by atoms with Crippen LogP contribution < -0.4 is 0 Å². The van der Waals surface area contributed by atoms with Gasteiger partial charge in [0.1, 0.15) is 5.52 Å². The molecule has 0 aliphatic carbocycles. The molecule has 2 fully saturated rings. The van der Waals surface area contributed by atoms with E-state index >= 15 is 0 Å². The average Bonchev–Trinajstić information content (AvgIpc) is 3.23. The first-order valence-corrected chi connectivity index (χ1v) is 8.51. The van der Waals surface area contributed by atoms with Gasteiger partial charge >= 0.3 is 0 Å². The van der Waals surface area contributed by atoms with Crippen LogP contribution in [0.3, 0.4) is 0 Å². The lowest BCUT2D eigenvalue weighted by atomic mass is 9.95. The predicted molar refractivity (Wildman–Crippen MR) is 86.5 cm³/mol. The van der Waals surface area contributed by atoms with E-state index in [2.05, 4.69) is 4.98 Å². The highest BCUT2D eigenvalue weighted by Gasteiger charge is 2.32. The Bertz CT molecular complexity index is 716. The second-order valence-electron chi connectivity index (χ2n) is 6.32. The van der Waals surface area contributed by atoms with Crippen LogP contribution in [0.15, 0.2) is 22.6 Å². The van der Waals surface area contributed by atoms with Crippen molar-refractivity contribution < 1.29 is 13.9 Å². The van der Waals surface area contributed by atoms with Crippen LogP contribution in [-0.2, 0) is 9.53 Å². The first-order chi connectivity index (χ1) is 11.2. The van der Waals surface area contributed by atoms with Crippen molar-refractivity contribution >= 4 is 28.6 Å². The Kier molecular flexibility index (Phi) is 3.99. The summed E-state index contributed by atoms with van der Waals surface area (Å²) in [5, 5.41) is 0.663. The van der Waals surface area contributed by atoms with Crippen LogP contribution in [0.5, 0.6) is 0 Å². The molecule has 122 valence electrons. The zero-order valence-corrected chi connectivity index (χ0v) is 13.6. The number of ether oxygens (including phenoxy) is 1. The lowest BCUT2D eigenvalue weighted by Gasteiger charge is -2.32. The lowest BCUT2D eigenvalue weighted by Crippen LogP contribution is -2.41. The van der Waals surface area contributed by atoms with E-state index < -0.39 is 0 Å². The molecule has 1 atom stereocenters. The van der Waals surface area contributed by atoms with E-state index in [1.165, 1.54) is 0 Å². The first-order valence-electron chi connectivity index (χ1n) is 8.13. The van der Waals surface area contributed by atoms with E-state index in [-0.39, 0.29) is 17.7 Å². The normalized spacial score (nSPS) is 22.8. The molecule has 2 aliphatic rings. The number of amides is 1. The van der Waals surface area contributed by atoms with E-state index in [9.17, 15) is 4.79 Å². The monoisotopic (exact) mass is 334 g/mol. The molecule has 1 aromatic heterocycles. The van der Waals surface area contributed by atoms with E-state index in [0.717, 1.165) is 49.3 Å². The number of carbonyl (C=O) groups is 1. The maximum atomic E-state index is 12.4. The third-order valence-electron chi connectivity index (χ3n) is 4.80. The van der Waals surface area contributed by atoms with Crippen molar-refractivity contribution in [3.05, 3.63) is 29.1 Å². The number of rotatable bonds is 2. The van der Waals surface area contributed by atoms with Crippen LogP contribution in [0.1, 0.15) is 31.1 Å². The second-order valence-corrected chi connectivity index (χ2v) is 6.76. The Morgan fingerprint density at radius 3 is 2.83 bits per heavy atom. The SMILES string of the molecule is O=C([C@H]1CCOC1)N1CCC(c2nc3cc(Cl)ccc3o2)CC1. The van der Waals surface area contributed by atoms with Crippen LogP contribution in [0.25, 0.3) is 11.1 Å². The summed E-state index contributed by atoms with van der Waals surface area (Å²) in [7, 11) is 0. The number of aromatic nitrogens is 1. The maximum Gasteiger partial charge on any atom is 0.228 e. The summed E-state index contributed by atoms with van der Waals surface area (Å²) >= 11 is 5.99. The van der Waals surface area contributed by atoms with Crippen LogP contribution in [0, 0.1) is 5.92 Å². The molecular weight excluding hydrogens is 316 g/mol. The van der Waals surface area contributed by atoms with Crippen molar-refractivity contribution in [1.82, 2.24) is 9.88 Å². The van der Waals surface area contributed by atoms with Gasteiger partial charge in [0.25, 0.3) is 0 Å². The number of hydrogen-bond acceptors (Lipinski definition) is 4. The summed E-state index contributed by atoms with van der Waals surface area (Å²) in [6, 6.07) is 5.49. The molecule has 23 heavy (non-hydrogen) atoms. The minimum absolute atomic E-state index is 0.0537. The third kappa shape index (κ3) is 2.95. The fourth-order valence-corrected chi connectivity index (χ4v) is 3.59. The van der Waals surface area contributed by atoms with E-state index in [1.807, 2.05) is 23.1 Å². The quantitative estimate of drug-likeness (QED) is 0.846. The van der Waals surface area contributed by atoms with Crippen LogP contribution in [-0.4, -0.2) is 42.1 Å². The number of carbonyl (C=O) groups excluding carboxylic acids is 1. The molecule has 0 N–H and O–H groups in total. The summed E-state index contributed by atoms with van der Waals surface area (Å²) in [5.41, 5.74) is 1.57. The highest BCUT2D eigenvalue weighted by molar-refractivity contribution is 6.31. The molecule has 6 heteroatoms. The molecule has 0 saturated carbocycles. The second kappa shape index (κ2) is 6.13. The standard InChI is InChI=1S/C17H19ClN2O3/c18-13-1-2-15-14(9-13)19-16(23-15)11-3-6-20(7-4-11)17(21)12-5-8-22-10-12/h1-2,9,11-12H,3-8,10H2/t12-/m0/s1. The van der Waals surface area contributed by atoms with E-state index in [0.29, 0.717) is 18.2 Å². The molecule has 0 bridgehead atoms. The number of halogens is 1. The highest BCUT2D eigenvalue weighted by atomic mass is 35.5. The molecule has 1 amide bonds. The van der Waals surface area contributed by atoms with Crippen molar-refractivity contribution in [2.45, 2.75) is 25.2 Å². The number of fused-ring (bicyclic) bond motifs is 1. The number of nitrogens with zero attached hydrogens (tertiary/aromatic N) is 2. The van der Waals surface area contributed by atoms with Gasteiger partial charge in [0.15, 0.2) is 11.5 Å². The summed E-state index contributed by atoms with van der Waals surface area (Å²) in [6.45, 7) is 2.81. The minimum Gasteiger partial charge on any atom is -0.440 e. The third-order valence-corrected chi connectivity index (χ3v) is 5.04. The van der Waals surface area contributed by atoms with Gasteiger partial charge in [-0.2, -0.15) is 0 Å². The Hall–Kier alpha value is -1.59. The van der Waals surface area contributed by atoms with Gasteiger partial charge in [-0.3, -0.25) is 4.79 Å². The van der Waals surface area contributed by atoms with E-state index in [4.69, 9.17) is 20.8 Å². The van der Waals surface area contributed by atoms with Gasteiger partial charge in [0, 0.05) is 30.6 Å². The van der Waals surface area contributed by atoms with Gasteiger partial charge in [-0.1, -0.05) is 11.6 Å². The molecular formula is C17H19ClN2O3. The molecule has 0 radical (unpaired) electrons. The Labute approximate surface area is 139 Å². The van der Waals surface area contributed by atoms with Crippen LogP contribution in [0.4, 0.5) is 0 Å². The Morgan fingerprint density at radius 2 is 2.09 bits per heavy atom. The van der Waals surface area contributed by atoms with Gasteiger partial charge in [-0.25, -0.2) is 4.98 Å². The lowest BCUT2D eigenvalue weighted by molar-refractivity contribution is -0.136. The molecule has 3 heterocycles. The molecule has 0 unspecified atom stereocenters. The van der Waals surface area contributed by atoms with Crippen molar-refractivity contribution in [3.8, 4) is 0 Å². The average molecular weight is 335 g/mol. The summed E-state index contributed by atoms with van der Waals surface area (Å²) in [5.74, 6) is 1.33. The van der Waals surface area contributed by atoms with Gasteiger partial charge in [0.2, 0.25) is 5.91 Å². The largest absolute Gasteiger partial charge is 0.440 e. The van der Waals surface area contributed by atoms with Gasteiger partial charge in [-0.15, -0.1) is 0 Å². The topological polar surface area (TPSA) is 55.6 Å². The fourth-order valence-electron chi connectivity index (χ4n) is 3.43. The molecule has 2 aromatic rings. The molecule has 2 saturated heterocycles. The highest BCUT2D eigenvalue weighted by Crippen LogP contribution is 2.31.